The number of halogens is 1. The predicted octanol–water partition coefficient (Wildman–Crippen LogP) is 2.73. The van der Waals surface area contributed by atoms with Crippen LogP contribution in [0.15, 0.2) is 47.4 Å². The van der Waals surface area contributed by atoms with Gasteiger partial charge < -0.3 is 19.5 Å². The lowest BCUT2D eigenvalue weighted by molar-refractivity contribution is -0.384. The maximum Gasteiger partial charge on any atom is 0.341 e. The maximum atomic E-state index is 15.0. The van der Waals surface area contributed by atoms with Crippen LogP contribution in [0.1, 0.15) is 27.6 Å². The summed E-state index contributed by atoms with van der Waals surface area (Å²) in [5, 5.41) is 20.3. The van der Waals surface area contributed by atoms with Gasteiger partial charge in [-0.3, -0.25) is 19.7 Å². The van der Waals surface area contributed by atoms with Gasteiger partial charge in [-0.25, -0.2) is 9.18 Å². The van der Waals surface area contributed by atoms with Crippen molar-refractivity contribution in [2.45, 2.75) is 13.5 Å². The van der Waals surface area contributed by atoms with Crippen molar-refractivity contribution in [2.75, 3.05) is 31.1 Å². The van der Waals surface area contributed by atoms with Gasteiger partial charge in [0.25, 0.3) is 11.6 Å². The molecule has 1 aliphatic rings. The quantitative estimate of drug-likeness (QED) is 0.451. The first-order chi connectivity index (χ1) is 16.2. The summed E-state index contributed by atoms with van der Waals surface area (Å²) in [7, 11) is 0. The normalized spacial score (nSPS) is 13.8. The van der Waals surface area contributed by atoms with Crippen molar-refractivity contribution < 1.29 is 24.0 Å². The van der Waals surface area contributed by atoms with E-state index < -0.39 is 27.7 Å². The summed E-state index contributed by atoms with van der Waals surface area (Å²) in [5.74, 6) is -2.38. The smallest absolute Gasteiger partial charge is 0.341 e. The van der Waals surface area contributed by atoms with Gasteiger partial charge in [0.15, 0.2) is 0 Å². The molecule has 0 bridgehead atoms. The SMILES string of the molecule is CCn1cc(C(=O)O)c(=O)c2cc(F)c(N3CCN(C(=O)c4cccc([N+](=O)[O-])c4)CC3)cc21. The molecular weight excluding hydrogens is 447 g/mol. The van der Waals surface area contributed by atoms with Crippen molar-refractivity contribution in [1.29, 1.82) is 0 Å². The number of nitrogens with zero attached hydrogens (tertiary/aromatic N) is 4. The third-order valence-corrected chi connectivity index (χ3v) is 5.93. The van der Waals surface area contributed by atoms with E-state index in [0.717, 1.165) is 6.07 Å². The van der Waals surface area contributed by atoms with Crippen molar-refractivity contribution in [3.05, 3.63) is 79.9 Å². The number of pyridine rings is 1. The van der Waals surface area contributed by atoms with Crippen LogP contribution in [0.2, 0.25) is 0 Å². The van der Waals surface area contributed by atoms with Crippen LogP contribution in [0.5, 0.6) is 0 Å². The highest BCUT2D eigenvalue weighted by molar-refractivity contribution is 5.95. The van der Waals surface area contributed by atoms with Gasteiger partial charge >= 0.3 is 5.97 Å². The second kappa shape index (κ2) is 8.93. The number of carbonyl (C=O) groups excluding carboxylic acids is 1. The van der Waals surface area contributed by atoms with Gasteiger partial charge in [-0.1, -0.05) is 6.07 Å². The number of amides is 1. The molecular formula is C23H21FN4O6. The molecule has 34 heavy (non-hydrogen) atoms. The summed E-state index contributed by atoms with van der Waals surface area (Å²) in [4.78, 5) is 50.4. The Balaban J connectivity index is 1.59. The van der Waals surface area contributed by atoms with Crippen LogP contribution in [0, 0.1) is 15.9 Å². The second-order valence-corrected chi connectivity index (χ2v) is 7.87. The number of benzene rings is 2. The molecule has 3 aromatic rings. The molecule has 0 unspecified atom stereocenters. The van der Waals surface area contributed by atoms with Crippen LogP contribution < -0.4 is 10.3 Å². The van der Waals surface area contributed by atoms with E-state index in [1.165, 1.54) is 36.5 Å². The van der Waals surface area contributed by atoms with Gasteiger partial charge in [0, 0.05) is 62.0 Å². The Labute approximate surface area is 192 Å². The molecule has 1 fully saturated rings. The zero-order valence-corrected chi connectivity index (χ0v) is 18.2. The van der Waals surface area contributed by atoms with Crippen LogP contribution >= 0.6 is 0 Å². The number of non-ortho nitro benzene ring substituents is 1. The van der Waals surface area contributed by atoms with Crippen molar-refractivity contribution in [1.82, 2.24) is 9.47 Å². The average Bonchev–Trinajstić information content (AvgIpc) is 2.84. The molecule has 0 spiro atoms. The Bertz CT molecular complexity index is 1380. The largest absolute Gasteiger partial charge is 0.477 e. The summed E-state index contributed by atoms with van der Waals surface area (Å²) in [6, 6.07) is 8.10. The number of carboxylic acid groups (broad SMARTS) is 1. The number of hydrogen-bond acceptors (Lipinski definition) is 6. The molecule has 2 aromatic carbocycles. The number of carboxylic acids is 1. The molecule has 1 aliphatic heterocycles. The monoisotopic (exact) mass is 468 g/mol. The van der Waals surface area contributed by atoms with Crippen LogP contribution in [-0.2, 0) is 6.54 Å². The number of aromatic carboxylic acids is 1. The number of anilines is 1. The van der Waals surface area contributed by atoms with E-state index in [9.17, 15) is 29.6 Å². The van der Waals surface area contributed by atoms with Gasteiger partial charge in [-0.15, -0.1) is 0 Å². The first kappa shape index (κ1) is 22.9. The second-order valence-electron chi connectivity index (χ2n) is 7.87. The van der Waals surface area contributed by atoms with Gasteiger partial charge in [0.2, 0.25) is 5.43 Å². The van der Waals surface area contributed by atoms with Gasteiger partial charge in [-0.2, -0.15) is 0 Å². The molecule has 0 aliphatic carbocycles. The Morgan fingerprint density at radius 2 is 1.85 bits per heavy atom. The number of carbonyl (C=O) groups is 2. The zero-order chi connectivity index (χ0) is 24.6. The van der Waals surface area contributed by atoms with Crippen LogP contribution in [0.25, 0.3) is 10.9 Å². The average molecular weight is 468 g/mol. The minimum Gasteiger partial charge on any atom is -0.477 e. The Morgan fingerprint density at radius 1 is 1.15 bits per heavy atom. The molecule has 4 rings (SSSR count). The number of nitro groups is 1. The van der Waals surface area contributed by atoms with E-state index in [4.69, 9.17) is 0 Å². The van der Waals surface area contributed by atoms with Crippen LogP contribution in [-0.4, -0.2) is 57.6 Å². The van der Waals surface area contributed by atoms with E-state index in [2.05, 4.69) is 0 Å². The van der Waals surface area contributed by atoms with E-state index in [1.54, 1.807) is 21.3 Å². The summed E-state index contributed by atoms with van der Waals surface area (Å²) < 4.78 is 16.6. The molecule has 1 aromatic heterocycles. The highest BCUT2D eigenvalue weighted by Crippen LogP contribution is 2.27. The highest BCUT2D eigenvalue weighted by Gasteiger charge is 2.26. The molecule has 10 nitrogen and oxygen atoms in total. The van der Waals surface area contributed by atoms with Crippen molar-refractivity contribution in [3.8, 4) is 0 Å². The van der Waals surface area contributed by atoms with E-state index in [-0.39, 0.29) is 41.3 Å². The molecule has 1 amide bonds. The minimum atomic E-state index is -1.37. The molecule has 0 atom stereocenters. The maximum absolute atomic E-state index is 15.0. The Hall–Kier alpha value is -4.28. The van der Waals surface area contributed by atoms with Gasteiger partial charge in [0.05, 0.1) is 16.1 Å². The first-order valence-corrected chi connectivity index (χ1v) is 10.6. The molecule has 1 saturated heterocycles. The molecule has 176 valence electrons. The lowest BCUT2D eigenvalue weighted by Crippen LogP contribution is -2.49. The summed E-state index contributed by atoms with van der Waals surface area (Å²) in [5.41, 5.74) is -0.458. The van der Waals surface area contributed by atoms with Crippen LogP contribution in [0.4, 0.5) is 15.8 Å². The number of fused-ring (bicyclic) bond motifs is 1. The third-order valence-electron chi connectivity index (χ3n) is 5.93. The summed E-state index contributed by atoms with van der Waals surface area (Å²) in [6.07, 6.45) is 1.25. The lowest BCUT2D eigenvalue weighted by atomic mass is 10.1. The zero-order valence-electron chi connectivity index (χ0n) is 18.2. The van der Waals surface area contributed by atoms with E-state index in [0.29, 0.717) is 25.2 Å². The summed E-state index contributed by atoms with van der Waals surface area (Å²) >= 11 is 0. The fourth-order valence-electron chi connectivity index (χ4n) is 4.14. The Kier molecular flexibility index (Phi) is 6.01. The minimum absolute atomic E-state index is 0.0116. The molecule has 11 heteroatoms. The van der Waals surface area contributed by atoms with Gasteiger partial charge in [-0.05, 0) is 25.1 Å². The fraction of sp³-hybridized carbons (Fsp3) is 0.261. The van der Waals surface area contributed by atoms with E-state index >= 15 is 4.39 Å². The number of aromatic nitrogens is 1. The number of rotatable bonds is 5. The molecule has 0 saturated carbocycles. The highest BCUT2D eigenvalue weighted by atomic mass is 19.1. The van der Waals surface area contributed by atoms with Crippen molar-refractivity contribution in [3.63, 3.8) is 0 Å². The Morgan fingerprint density at radius 3 is 2.47 bits per heavy atom. The third kappa shape index (κ3) is 4.07. The standard InChI is InChI=1S/C23H21FN4O6/c1-2-25-13-17(23(31)32)21(29)16-11-18(24)20(12-19(16)25)26-6-8-27(9-7-26)22(30)14-4-3-5-15(10-14)28(33)34/h3-5,10-13H,2,6-9H2,1H3,(H,31,32). The summed E-state index contributed by atoms with van der Waals surface area (Å²) in [6.45, 7) is 3.35. The molecule has 1 N–H and O–H groups in total. The fourth-order valence-corrected chi connectivity index (χ4v) is 4.14. The predicted molar refractivity (Wildman–Crippen MR) is 122 cm³/mol. The van der Waals surface area contributed by atoms with Gasteiger partial charge in [0.1, 0.15) is 11.4 Å². The lowest BCUT2D eigenvalue weighted by Gasteiger charge is -2.36. The molecule has 0 radical (unpaired) electrons. The van der Waals surface area contributed by atoms with Crippen LogP contribution in [0.3, 0.4) is 0 Å². The number of nitro benzene ring substituents is 1. The topological polar surface area (TPSA) is 126 Å². The molecule has 2 heterocycles. The van der Waals surface area contributed by atoms with E-state index in [1.807, 2.05) is 0 Å². The van der Waals surface area contributed by atoms with Crippen molar-refractivity contribution in [2.24, 2.45) is 0 Å². The van der Waals surface area contributed by atoms with Crippen molar-refractivity contribution >= 4 is 34.2 Å². The number of hydrogen-bond donors (Lipinski definition) is 1. The number of piperazine rings is 1. The first-order valence-electron chi connectivity index (χ1n) is 10.6. The number of aryl methyl sites for hydroxylation is 1.